The number of hydrogen-bond acceptors (Lipinski definition) is 0. The van der Waals surface area contributed by atoms with Crippen LogP contribution in [0.25, 0.3) is 66.1 Å². The van der Waals surface area contributed by atoms with E-state index in [2.05, 4.69) is 241 Å². The van der Waals surface area contributed by atoms with Gasteiger partial charge in [-0.1, -0.05) is 184 Å². The predicted octanol–water partition coefficient (Wildman–Crippen LogP) is 11.6. The zero-order valence-electron chi connectivity index (χ0n) is 33.7. The fraction of sp³-hybridized carbons (Fsp3) is 0.0526. The molecule has 60 heavy (non-hydrogen) atoms. The molecule has 1 aliphatic carbocycles. The molecule has 0 N–H and O–H groups in total. The van der Waals surface area contributed by atoms with E-state index in [9.17, 15) is 0 Å². The first-order chi connectivity index (χ1) is 29.6. The van der Waals surface area contributed by atoms with E-state index < -0.39 is 8.07 Å². The Morgan fingerprint density at radius 2 is 0.867 bits per heavy atom. The lowest BCUT2D eigenvalue weighted by Gasteiger charge is -2.35. The van der Waals surface area contributed by atoms with Gasteiger partial charge < -0.3 is 9.13 Å². The van der Waals surface area contributed by atoms with Crippen molar-refractivity contribution in [3.63, 3.8) is 0 Å². The van der Waals surface area contributed by atoms with Gasteiger partial charge in [-0.3, -0.25) is 0 Å². The van der Waals surface area contributed by atoms with Crippen molar-refractivity contribution in [1.29, 1.82) is 0 Å². The summed E-state index contributed by atoms with van der Waals surface area (Å²) in [5, 5.41) is 10.7. The van der Waals surface area contributed by atoms with E-state index in [4.69, 9.17) is 0 Å². The summed E-state index contributed by atoms with van der Waals surface area (Å²) in [5.41, 5.74) is 12.7. The number of aromatic nitrogens is 2. The largest absolute Gasteiger partial charge is 0.309 e. The van der Waals surface area contributed by atoms with Crippen molar-refractivity contribution in [2.45, 2.75) is 19.3 Å². The number of benzene rings is 9. The van der Waals surface area contributed by atoms with Crippen LogP contribution in [0.2, 0.25) is 0 Å². The first kappa shape index (κ1) is 34.8. The molecule has 2 aromatic heterocycles. The lowest BCUT2D eigenvalue weighted by atomic mass is 9.82. The van der Waals surface area contributed by atoms with Crippen molar-refractivity contribution in [1.82, 2.24) is 9.13 Å². The van der Waals surface area contributed by atoms with Crippen LogP contribution >= 0.6 is 0 Å². The molecule has 11 aromatic rings. The third-order valence-electron chi connectivity index (χ3n) is 13.4. The first-order valence-electron chi connectivity index (χ1n) is 21.0. The Balaban J connectivity index is 1.20. The van der Waals surface area contributed by atoms with Gasteiger partial charge in [-0.25, -0.2) is 0 Å². The standard InChI is InChI=1S/C57H42N2Si/c1-57(2)47-31-15-12-28-44(47)54-48(57)36-37-52-56(54)46-30-14-17-33-50(46)59(52)40-22-18-27-43(38-40)60(41-23-8-4-9-24-41,42-25-10-5-11-26-42)53-35-19-34-51-55(53)45-29-13-16-32-49(45)58(51)39-20-6-3-7-21-39/h3-38H,1-2H3. The van der Waals surface area contributed by atoms with E-state index in [-0.39, 0.29) is 5.41 Å². The molecule has 0 bridgehead atoms. The average Bonchev–Trinajstić information content (AvgIpc) is 3.91. The minimum Gasteiger partial charge on any atom is -0.309 e. The molecule has 284 valence electrons. The topological polar surface area (TPSA) is 9.86 Å². The van der Waals surface area contributed by atoms with E-state index in [0.29, 0.717) is 0 Å². The first-order valence-corrected chi connectivity index (χ1v) is 23.0. The fourth-order valence-corrected chi connectivity index (χ4v) is 16.0. The van der Waals surface area contributed by atoms with Crippen LogP contribution in [0.4, 0.5) is 0 Å². The highest BCUT2D eigenvalue weighted by Crippen LogP contribution is 2.53. The third kappa shape index (κ3) is 4.75. The Morgan fingerprint density at radius 3 is 1.57 bits per heavy atom. The quantitative estimate of drug-likeness (QED) is 0.117. The molecule has 0 spiro atoms. The van der Waals surface area contributed by atoms with Crippen LogP contribution in [0, 0.1) is 0 Å². The number of rotatable bonds is 6. The number of nitrogens with zero attached hydrogens (tertiary/aromatic N) is 2. The SMILES string of the molecule is CC1(C)c2ccccc2-c2c1ccc1c2c2ccccc2n1-c1cccc([Si](c2ccccc2)(c2ccccc2)c2cccc3c2c2ccccc2n3-c2ccccc2)c1. The van der Waals surface area contributed by atoms with Gasteiger partial charge in [-0.15, -0.1) is 0 Å². The summed E-state index contributed by atoms with van der Waals surface area (Å²) in [6, 6.07) is 81.9. The number of hydrogen-bond donors (Lipinski definition) is 0. The lowest BCUT2D eigenvalue weighted by molar-refractivity contribution is 0.661. The molecular formula is C57H42N2Si. The summed E-state index contributed by atoms with van der Waals surface area (Å²) < 4.78 is 4.98. The molecule has 0 fully saturated rings. The second kappa shape index (κ2) is 13.2. The highest BCUT2D eigenvalue weighted by Gasteiger charge is 2.44. The van der Waals surface area contributed by atoms with Gasteiger partial charge in [0.05, 0.1) is 22.1 Å². The van der Waals surface area contributed by atoms with Crippen LogP contribution in [-0.2, 0) is 5.41 Å². The average molecular weight is 783 g/mol. The summed E-state index contributed by atoms with van der Waals surface area (Å²) in [6.45, 7) is 4.75. The maximum absolute atomic E-state index is 3.06. The van der Waals surface area contributed by atoms with Crippen molar-refractivity contribution in [2.24, 2.45) is 0 Å². The van der Waals surface area contributed by atoms with E-state index in [1.807, 2.05) is 0 Å². The maximum Gasteiger partial charge on any atom is 0.180 e. The van der Waals surface area contributed by atoms with Crippen molar-refractivity contribution in [3.8, 4) is 22.5 Å². The Hall–Kier alpha value is -7.20. The van der Waals surface area contributed by atoms with Crippen LogP contribution in [-0.4, -0.2) is 17.2 Å². The molecule has 9 aromatic carbocycles. The van der Waals surface area contributed by atoms with Crippen molar-refractivity contribution >= 4 is 72.4 Å². The monoisotopic (exact) mass is 782 g/mol. The van der Waals surface area contributed by atoms with Gasteiger partial charge in [0.25, 0.3) is 0 Å². The number of para-hydroxylation sites is 3. The van der Waals surface area contributed by atoms with Gasteiger partial charge in [0.15, 0.2) is 8.07 Å². The molecule has 0 aliphatic heterocycles. The van der Waals surface area contributed by atoms with Gasteiger partial charge in [0.1, 0.15) is 0 Å². The van der Waals surface area contributed by atoms with Crippen molar-refractivity contribution in [2.75, 3.05) is 0 Å². The highest BCUT2D eigenvalue weighted by molar-refractivity contribution is 7.20. The third-order valence-corrected chi connectivity index (χ3v) is 18.2. The molecule has 0 saturated heterocycles. The molecule has 3 heteroatoms. The molecule has 1 aliphatic rings. The molecule has 0 amide bonds. The molecular weight excluding hydrogens is 741 g/mol. The fourth-order valence-electron chi connectivity index (χ4n) is 10.9. The summed E-state index contributed by atoms with van der Waals surface area (Å²) in [6.07, 6.45) is 0. The van der Waals surface area contributed by atoms with Gasteiger partial charge in [0, 0.05) is 38.3 Å². The molecule has 0 unspecified atom stereocenters. The van der Waals surface area contributed by atoms with E-state index in [1.165, 1.54) is 98.0 Å². The summed E-state index contributed by atoms with van der Waals surface area (Å²) in [4.78, 5) is 0. The molecule has 2 heterocycles. The maximum atomic E-state index is 2.53. The van der Waals surface area contributed by atoms with E-state index in [1.54, 1.807) is 0 Å². The van der Waals surface area contributed by atoms with Crippen LogP contribution in [0.1, 0.15) is 25.0 Å². The summed E-state index contributed by atoms with van der Waals surface area (Å²) in [7, 11) is -3.06. The second-order valence-corrected chi connectivity index (χ2v) is 20.6. The molecule has 12 rings (SSSR count). The summed E-state index contributed by atoms with van der Waals surface area (Å²) >= 11 is 0. The number of fused-ring (bicyclic) bond motifs is 10. The smallest absolute Gasteiger partial charge is 0.180 e. The predicted molar refractivity (Wildman–Crippen MR) is 256 cm³/mol. The minimum absolute atomic E-state index is 0.0789. The van der Waals surface area contributed by atoms with E-state index in [0.717, 1.165) is 0 Å². The Morgan fingerprint density at radius 1 is 0.367 bits per heavy atom. The lowest BCUT2D eigenvalue weighted by Crippen LogP contribution is -2.74. The summed E-state index contributed by atoms with van der Waals surface area (Å²) in [5.74, 6) is 0. The zero-order chi connectivity index (χ0) is 40.0. The molecule has 0 atom stereocenters. The zero-order valence-corrected chi connectivity index (χ0v) is 34.7. The molecule has 0 radical (unpaired) electrons. The van der Waals surface area contributed by atoms with Gasteiger partial charge in [-0.05, 0) is 91.5 Å². The Kier molecular flexibility index (Phi) is 7.63. The second-order valence-electron chi connectivity index (χ2n) is 16.8. The van der Waals surface area contributed by atoms with Crippen LogP contribution < -0.4 is 20.7 Å². The highest BCUT2D eigenvalue weighted by atomic mass is 28.3. The molecule has 2 nitrogen and oxygen atoms in total. The van der Waals surface area contributed by atoms with Gasteiger partial charge >= 0.3 is 0 Å². The Bertz CT molecular complexity index is 3410. The van der Waals surface area contributed by atoms with Gasteiger partial charge in [0.2, 0.25) is 0 Å². The Labute approximate surface area is 351 Å². The van der Waals surface area contributed by atoms with E-state index >= 15 is 0 Å². The van der Waals surface area contributed by atoms with Crippen LogP contribution in [0.5, 0.6) is 0 Å². The van der Waals surface area contributed by atoms with Crippen LogP contribution in [0.3, 0.4) is 0 Å². The normalized spacial score (nSPS) is 13.3. The van der Waals surface area contributed by atoms with Crippen molar-refractivity contribution in [3.05, 3.63) is 230 Å². The molecule has 0 saturated carbocycles. The van der Waals surface area contributed by atoms with Crippen molar-refractivity contribution < 1.29 is 0 Å². The minimum atomic E-state index is -3.06. The van der Waals surface area contributed by atoms with Gasteiger partial charge in [-0.2, -0.15) is 0 Å². The van der Waals surface area contributed by atoms with Crippen LogP contribution in [0.15, 0.2) is 218 Å².